The van der Waals surface area contributed by atoms with Gasteiger partial charge in [0.1, 0.15) is 0 Å². The van der Waals surface area contributed by atoms with Crippen molar-refractivity contribution < 1.29 is 0 Å². The fourth-order valence-corrected chi connectivity index (χ4v) is 2.27. The molecule has 0 aliphatic heterocycles. The van der Waals surface area contributed by atoms with E-state index in [1.165, 1.54) is 24.3 Å². The zero-order valence-electron chi connectivity index (χ0n) is 6.36. The highest BCUT2D eigenvalue weighted by atomic mass is 32.2. The van der Waals surface area contributed by atoms with Gasteiger partial charge >= 0.3 is 0 Å². The van der Waals surface area contributed by atoms with Gasteiger partial charge < -0.3 is 0 Å². The molecule has 0 radical (unpaired) electrons. The summed E-state index contributed by atoms with van der Waals surface area (Å²) in [5, 5.41) is 2.03. The Labute approximate surface area is 71.2 Å². The maximum atomic E-state index is 4.26. The van der Waals surface area contributed by atoms with Gasteiger partial charge in [0.25, 0.3) is 0 Å². The summed E-state index contributed by atoms with van der Waals surface area (Å²) in [7, 11) is 0. The first-order valence-electron chi connectivity index (χ1n) is 4.03. The lowest BCUT2D eigenvalue weighted by atomic mass is 10.0. The van der Waals surface area contributed by atoms with E-state index < -0.39 is 0 Å². The van der Waals surface area contributed by atoms with Gasteiger partial charge in [0.05, 0.1) is 5.03 Å². The van der Waals surface area contributed by atoms with Crippen molar-refractivity contribution in [2.75, 3.05) is 0 Å². The number of aromatic nitrogens is 1. The average Bonchev–Trinajstić information content (AvgIpc) is 1.99. The van der Waals surface area contributed by atoms with E-state index in [9.17, 15) is 0 Å². The Morgan fingerprint density at radius 1 is 1.36 bits per heavy atom. The van der Waals surface area contributed by atoms with Crippen LogP contribution < -0.4 is 0 Å². The molecule has 0 bridgehead atoms. The number of rotatable bonds is 2. The lowest BCUT2D eigenvalue weighted by molar-refractivity contribution is 0.521. The van der Waals surface area contributed by atoms with Crippen molar-refractivity contribution in [1.82, 2.24) is 4.98 Å². The van der Waals surface area contributed by atoms with Crippen LogP contribution in [0.3, 0.4) is 0 Å². The number of hydrogen-bond donors (Lipinski definition) is 0. The van der Waals surface area contributed by atoms with Gasteiger partial charge in [-0.25, -0.2) is 4.98 Å². The van der Waals surface area contributed by atoms with E-state index in [0.717, 1.165) is 5.25 Å². The van der Waals surface area contributed by atoms with Gasteiger partial charge in [-0.1, -0.05) is 12.5 Å². The van der Waals surface area contributed by atoms with Crippen LogP contribution in [0.2, 0.25) is 0 Å². The van der Waals surface area contributed by atoms with Crippen LogP contribution >= 0.6 is 11.8 Å². The maximum absolute atomic E-state index is 4.26. The zero-order chi connectivity index (χ0) is 7.52. The standard InChI is InChI=1S/C9H11NS/c1-2-7-10-9(6-1)11-8-4-3-5-8/h1-2,6-8H,3-5H2. The highest BCUT2D eigenvalue weighted by Gasteiger charge is 2.18. The van der Waals surface area contributed by atoms with Gasteiger partial charge in [0.2, 0.25) is 0 Å². The molecule has 1 heterocycles. The SMILES string of the molecule is c1ccc(SC2CCC2)nc1. The molecule has 11 heavy (non-hydrogen) atoms. The Morgan fingerprint density at radius 2 is 2.27 bits per heavy atom. The van der Waals surface area contributed by atoms with E-state index >= 15 is 0 Å². The van der Waals surface area contributed by atoms with Crippen LogP contribution in [0.25, 0.3) is 0 Å². The molecule has 1 aromatic rings. The molecule has 1 saturated carbocycles. The minimum absolute atomic E-state index is 0.852. The van der Waals surface area contributed by atoms with Gasteiger partial charge in [-0.15, -0.1) is 11.8 Å². The molecular weight excluding hydrogens is 154 g/mol. The summed E-state index contributed by atoms with van der Waals surface area (Å²) in [5.41, 5.74) is 0. The van der Waals surface area contributed by atoms with Crippen molar-refractivity contribution in [3.63, 3.8) is 0 Å². The highest BCUT2D eigenvalue weighted by Crippen LogP contribution is 2.34. The molecule has 0 unspecified atom stereocenters. The Morgan fingerprint density at radius 3 is 2.82 bits per heavy atom. The summed E-state index contributed by atoms with van der Waals surface area (Å²) < 4.78 is 0. The molecule has 0 atom stereocenters. The van der Waals surface area contributed by atoms with Crippen LogP contribution in [0.15, 0.2) is 29.4 Å². The van der Waals surface area contributed by atoms with E-state index in [1.807, 2.05) is 30.1 Å². The predicted octanol–water partition coefficient (Wildman–Crippen LogP) is 2.73. The molecule has 1 nitrogen and oxygen atoms in total. The normalized spacial score (nSPS) is 17.8. The molecule has 1 aliphatic carbocycles. The van der Waals surface area contributed by atoms with Crippen LogP contribution in [0, 0.1) is 0 Å². The minimum atomic E-state index is 0.852. The third kappa shape index (κ3) is 1.74. The molecule has 1 fully saturated rings. The van der Waals surface area contributed by atoms with Gasteiger partial charge in [-0.05, 0) is 25.0 Å². The number of thioether (sulfide) groups is 1. The largest absolute Gasteiger partial charge is 0.250 e. The first kappa shape index (κ1) is 7.17. The second-order valence-corrected chi connectivity index (χ2v) is 4.16. The van der Waals surface area contributed by atoms with Crippen LogP contribution in [-0.2, 0) is 0 Å². The van der Waals surface area contributed by atoms with Gasteiger partial charge in [0.15, 0.2) is 0 Å². The number of nitrogens with zero attached hydrogens (tertiary/aromatic N) is 1. The van der Waals surface area contributed by atoms with Crippen LogP contribution in [0.4, 0.5) is 0 Å². The van der Waals surface area contributed by atoms with Gasteiger partial charge in [-0.2, -0.15) is 0 Å². The van der Waals surface area contributed by atoms with E-state index in [1.54, 1.807) is 0 Å². The Hall–Kier alpha value is -0.500. The maximum Gasteiger partial charge on any atom is 0.0962 e. The third-order valence-corrected chi connectivity index (χ3v) is 3.27. The molecule has 0 N–H and O–H groups in total. The average molecular weight is 165 g/mol. The second-order valence-electron chi connectivity index (χ2n) is 2.84. The van der Waals surface area contributed by atoms with Gasteiger partial charge in [-0.3, -0.25) is 0 Å². The molecular formula is C9H11NS. The molecule has 2 rings (SSSR count). The molecule has 0 amide bonds. The van der Waals surface area contributed by atoms with E-state index in [-0.39, 0.29) is 0 Å². The first-order chi connectivity index (χ1) is 5.45. The summed E-state index contributed by atoms with van der Waals surface area (Å²) >= 11 is 1.92. The van der Waals surface area contributed by atoms with Crippen molar-refractivity contribution in [3.05, 3.63) is 24.4 Å². The summed E-state index contributed by atoms with van der Waals surface area (Å²) in [6.45, 7) is 0. The van der Waals surface area contributed by atoms with Gasteiger partial charge in [0, 0.05) is 11.4 Å². The van der Waals surface area contributed by atoms with Crippen molar-refractivity contribution in [2.24, 2.45) is 0 Å². The van der Waals surface area contributed by atoms with Crippen molar-refractivity contribution in [1.29, 1.82) is 0 Å². The number of hydrogen-bond acceptors (Lipinski definition) is 2. The molecule has 1 aromatic heterocycles. The van der Waals surface area contributed by atoms with Crippen LogP contribution in [0.1, 0.15) is 19.3 Å². The van der Waals surface area contributed by atoms with Crippen LogP contribution in [-0.4, -0.2) is 10.2 Å². The summed E-state index contributed by atoms with van der Waals surface area (Å²) in [5.74, 6) is 0. The molecule has 0 saturated heterocycles. The monoisotopic (exact) mass is 165 g/mol. The topological polar surface area (TPSA) is 12.9 Å². The molecule has 0 aromatic carbocycles. The lowest BCUT2D eigenvalue weighted by Crippen LogP contribution is -2.12. The third-order valence-electron chi connectivity index (χ3n) is 1.98. The van der Waals surface area contributed by atoms with E-state index in [2.05, 4.69) is 11.1 Å². The van der Waals surface area contributed by atoms with Crippen molar-refractivity contribution in [2.45, 2.75) is 29.5 Å². The van der Waals surface area contributed by atoms with Crippen molar-refractivity contribution >= 4 is 11.8 Å². The second kappa shape index (κ2) is 3.26. The van der Waals surface area contributed by atoms with E-state index in [4.69, 9.17) is 0 Å². The zero-order valence-corrected chi connectivity index (χ0v) is 7.18. The molecule has 2 heteroatoms. The summed E-state index contributed by atoms with van der Waals surface area (Å²) in [6.07, 6.45) is 6.02. The fraction of sp³-hybridized carbons (Fsp3) is 0.444. The Balaban J connectivity index is 1.95. The van der Waals surface area contributed by atoms with E-state index in [0.29, 0.717) is 0 Å². The highest BCUT2D eigenvalue weighted by molar-refractivity contribution is 7.99. The first-order valence-corrected chi connectivity index (χ1v) is 4.91. The molecule has 0 spiro atoms. The molecule has 1 aliphatic rings. The fourth-order valence-electron chi connectivity index (χ4n) is 1.08. The molecule has 58 valence electrons. The van der Waals surface area contributed by atoms with Crippen LogP contribution in [0.5, 0.6) is 0 Å². The van der Waals surface area contributed by atoms with Crippen molar-refractivity contribution in [3.8, 4) is 0 Å². The lowest BCUT2D eigenvalue weighted by Gasteiger charge is -2.23. The summed E-state index contributed by atoms with van der Waals surface area (Å²) in [6, 6.07) is 6.10. The minimum Gasteiger partial charge on any atom is -0.250 e. The summed E-state index contributed by atoms with van der Waals surface area (Å²) in [4.78, 5) is 4.26. The number of pyridine rings is 1. The Kier molecular flexibility index (Phi) is 2.13. The smallest absolute Gasteiger partial charge is 0.0962 e. The predicted molar refractivity (Wildman–Crippen MR) is 47.7 cm³/mol. The Bertz CT molecular complexity index is 218. The quantitative estimate of drug-likeness (QED) is 0.668.